The summed E-state index contributed by atoms with van der Waals surface area (Å²) >= 11 is 3.77. The number of hydrogen-bond donors (Lipinski definition) is 0. The van der Waals surface area contributed by atoms with Gasteiger partial charge in [0.25, 0.3) is 0 Å². The molecule has 0 bridgehead atoms. The third-order valence-electron chi connectivity index (χ3n) is 23.4. The van der Waals surface area contributed by atoms with Gasteiger partial charge in [-0.25, -0.2) is 0 Å². The quantitative estimate of drug-likeness (QED) is 0.130. The highest BCUT2D eigenvalue weighted by Gasteiger charge is 2.24. The van der Waals surface area contributed by atoms with Crippen LogP contribution in [0.15, 0.2) is 413 Å². The monoisotopic (exact) mass is 1480 g/mol. The molecule has 0 radical (unpaired) electrons. The second kappa shape index (κ2) is 26.7. The van der Waals surface area contributed by atoms with Gasteiger partial charge in [-0.2, -0.15) is 0 Å². The van der Waals surface area contributed by atoms with E-state index in [1.807, 2.05) is 22.7 Å². The van der Waals surface area contributed by atoms with Gasteiger partial charge in [-0.05, 0) is 194 Å². The van der Waals surface area contributed by atoms with Gasteiger partial charge in [-0.1, -0.05) is 285 Å². The first-order chi connectivity index (χ1) is 56.5. The number of benzene rings is 18. The number of rotatable bonds is 10. The van der Waals surface area contributed by atoms with Gasteiger partial charge < -0.3 is 18.3 Å². The number of fused-ring (bicyclic) bond motifs is 20. The average Bonchev–Trinajstić information content (AvgIpc) is 1.56. The van der Waals surface area contributed by atoms with E-state index in [1.54, 1.807) is 0 Å². The molecule has 0 N–H and O–H groups in total. The van der Waals surface area contributed by atoms with Gasteiger partial charge in [-0.3, -0.25) is 0 Å². The van der Waals surface area contributed by atoms with Gasteiger partial charge in [0.05, 0.1) is 48.8 Å². The minimum Gasteiger partial charge on any atom is -0.309 e. The second-order valence-corrected chi connectivity index (χ2v) is 32.0. The Hall–Kier alpha value is -14.4. The van der Waals surface area contributed by atoms with Crippen LogP contribution in [-0.4, -0.2) is 18.3 Å². The summed E-state index contributed by atoms with van der Waals surface area (Å²) in [6.07, 6.45) is 0. The maximum Gasteiger partial charge on any atom is 0.0719 e. The zero-order valence-electron chi connectivity index (χ0n) is 61.9. The van der Waals surface area contributed by atoms with Crippen molar-refractivity contribution in [1.29, 1.82) is 0 Å². The Labute approximate surface area is 665 Å². The largest absolute Gasteiger partial charge is 0.309 e. The highest BCUT2D eigenvalue weighted by Crippen LogP contribution is 2.48. The molecule has 0 unspecified atom stereocenters. The summed E-state index contributed by atoms with van der Waals surface area (Å²) in [7, 11) is 0. The molecule has 24 rings (SSSR count). The molecule has 18 aromatic carbocycles. The summed E-state index contributed by atoms with van der Waals surface area (Å²) in [4.78, 5) is 0. The number of para-hydroxylation sites is 2. The predicted molar refractivity (Wildman–Crippen MR) is 489 cm³/mol. The Morgan fingerprint density at radius 3 is 0.939 bits per heavy atom. The molecule has 0 spiro atoms. The fourth-order valence-electron chi connectivity index (χ4n) is 18.1. The van der Waals surface area contributed by atoms with Crippen molar-refractivity contribution < 1.29 is 0 Å². The first kappa shape index (κ1) is 65.5. The van der Waals surface area contributed by atoms with Crippen LogP contribution in [0.5, 0.6) is 0 Å². The van der Waals surface area contributed by atoms with E-state index in [0.717, 1.165) is 17.1 Å². The maximum atomic E-state index is 2.50. The van der Waals surface area contributed by atoms with Crippen molar-refractivity contribution in [3.05, 3.63) is 413 Å². The second-order valence-electron chi connectivity index (χ2n) is 29.8. The Kier molecular flexibility index (Phi) is 15.3. The fourth-order valence-corrected chi connectivity index (χ4v) is 20.5. The Bertz CT molecular complexity index is 7930. The Morgan fingerprint density at radius 1 is 0.149 bits per heavy atom. The molecule has 0 saturated heterocycles. The van der Waals surface area contributed by atoms with E-state index in [9.17, 15) is 0 Å². The van der Waals surface area contributed by atoms with Crippen LogP contribution >= 0.6 is 22.7 Å². The first-order valence-corrected chi connectivity index (χ1v) is 40.6. The van der Waals surface area contributed by atoms with Gasteiger partial charge >= 0.3 is 0 Å². The van der Waals surface area contributed by atoms with E-state index >= 15 is 0 Å². The Morgan fingerprint density at radius 2 is 0.465 bits per heavy atom. The zero-order valence-corrected chi connectivity index (χ0v) is 63.5. The molecule has 6 aromatic heterocycles. The zero-order chi connectivity index (χ0) is 74.9. The lowest BCUT2D eigenvalue weighted by molar-refractivity contribution is 1.18. The molecule has 0 aliphatic rings. The van der Waals surface area contributed by atoms with Crippen LogP contribution in [0, 0.1) is 0 Å². The molecule has 24 aromatic rings. The van der Waals surface area contributed by atoms with Crippen molar-refractivity contribution in [2.45, 2.75) is 0 Å². The van der Waals surface area contributed by atoms with E-state index < -0.39 is 0 Å². The molecule has 0 aliphatic carbocycles. The summed E-state index contributed by atoms with van der Waals surface area (Å²) in [5.41, 5.74) is 29.0. The molecule has 114 heavy (non-hydrogen) atoms. The third-order valence-corrected chi connectivity index (χ3v) is 25.8. The van der Waals surface area contributed by atoms with Crippen LogP contribution in [0.4, 0.5) is 0 Å². The average molecular weight is 1490 g/mol. The highest BCUT2D eigenvalue weighted by atomic mass is 32.1. The summed E-state index contributed by atoms with van der Waals surface area (Å²) < 4.78 is 15.1. The summed E-state index contributed by atoms with van der Waals surface area (Å²) in [5.74, 6) is 0. The summed E-state index contributed by atoms with van der Waals surface area (Å²) in [6.45, 7) is 0. The van der Waals surface area contributed by atoms with Crippen molar-refractivity contribution in [3.63, 3.8) is 0 Å². The van der Waals surface area contributed by atoms with Crippen molar-refractivity contribution in [3.8, 4) is 89.5 Å². The normalized spacial score (nSPS) is 11.9. The maximum absolute atomic E-state index is 2.50. The SMILES string of the molecule is c1ccc(-c2ccc(-n3c4ccccc4c4cc(-c5ccc6c(c5)c5ccc7c8ccccc8sc7c5n6-c5cccc(-c6ccccc6)c5)ccc43)cc2)cc1.c1ccc(-c2ccc(-n3c4ccccc4c4cc(-c5ccc6c(c5)c5ccc7sc8ccccc8c7c5n6-c5cccc(-c6ccccc6)c5)ccc43)cc2)cc1. The van der Waals surface area contributed by atoms with Crippen LogP contribution in [0.3, 0.4) is 0 Å². The van der Waals surface area contributed by atoms with E-state index in [4.69, 9.17) is 0 Å². The molecule has 6 heteroatoms. The van der Waals surface area contributed by atoms with Crippen molar-refractivity contribution in [2.75, 3.05) is 0 Å². The molecule has 0 fully saturated rings. The minimum absolute atomic E-state index is 1.16. The molecule has 6 heterocycles. The van der Waals surface area contributed by atoms with Gasteiger partial charge in [-0.15, -0.1) is 22.7 Å². The Balaban J connectivity index is 0.000000135. The van der Waals surface area contributed by atoms with Crippen LogP contribution < -0.4 is 0 Å². The molecule has 0 atom stereocenters. The van der Waals surface area contributed by atoms with Gasteiger partial charge in [0.2, 0.25) is 0 Å². The predicted octanol–water partition coefficient (Wildman–Crippen LogP) is 30.5. The van der Waals surface area contributed by atoms with Crippen molar-refractivity contribution in [1.82, 2.24) is 18.3 Å². The minimum atomic E-state index is 1.16. The first-order valence-electron chi connectivity index (χ1n) is 39.0. The van der Waals surface area contributed by atoms with Gasteiger partial charge in [0, 0.05) is 101 Å². The van der Waals surface area contributed by atoms with E-state index in [-0.39, 0.29) is 0 Å². The van der Waals surface area contributed by atoms with Crippen molar-refractivity contribution >= 4 is 150 Å². The fraction of sp³-hybridized carbons (Fsp3) is 0. The molecule has 0 saturated carbocycles. The standard InChI is InChI=1S/2C54H34N2S/c1-3-12-35(13-4-1)37-22-26-41(27-23-37)55-49-20-9-7-18-43(49)47-33-39(24-30-50(47)55)40-25-31-51-48(34-40)45-28-29-46-44-19-8-10-21-52(44)57-54(46)53(45)56(51)42-17-11-16-38(32-42)36-14-5-2-6-15-36;1-3-12-35(13-4-1)37-22-26-41(27-23-37)55-48-20-9-7-18-43(48)46-33-39(24-29-49(46)55)40-25-30-50-47(34-40)44-28-31-52-53(45-19-8-10-21-51(45)57-52)54(44)56(50)42-17-11-16-38(32-42)36-14-5-2-6-15-36/h2*1-34H. The lowest BCUT2D eigenvalue weighted by Crippen LogP contribution is -1.95. The highest BCUT2D eigenvalue weighted by molar-refractivity contribution is 7.27. The van der Waals surface area contributed by atoms with E-state index in [1.165, 1.54) is 200 Å². The van der Waals surface area contributed by atoms with Crippen LogP contribution in [0.2, 0.25) is 0 Å². The topological polar surface area (TPSA) is 19.7 Å². The number of nitrogens with zero attached hydrogens (tertiary/aromatic N) is 4. The number of aromatic nitrogens is 4. The molecule has 0 amide bonds. The molecule has 0 aliphatic heterocycles. The van der Waals surface area contributed by atoms with Gasteiger partial charge in [0.1, 0.15) is 0 Å². The van der Waals surface area contributed by atoms with E-state index in [0.29, 0.717) is 0 Å². The van der Waals surface area contributed by atoms with Crippen LogP contribution in [0.1, 0.15) is 0 Å². The lowest BCUT2D eigenvalue weighted by Gasteiger charge is -2.12. The molecule has 4 nitrogen and oxygen atoms in total. The van der Waals surface area contributed by atoms with Crippen LogP contribution in [0.25, 0.3) is 217 Å². The third kappa shape index (κ3) is 10.7. The molecular formula is C108H68N4S2. The lowest BCUT2D eigenvalue weighted by atomic mass is 10.00. The van der Waals surface area contributed by atoms with Crippen LogP contribution in [-0.2, 0) is 0 Å². The smallest absolute Gasteiger partial charge is 0.0719 e. The van der Waals surface area contributed by atoms with Gasteiger partial charge in [0.15, 0.2) is 0 Å². The summed E-state index contributed by atoms with van der Waals surface area (Å²) in [5, 5.41) is 15.3. The molecule has 532 valence electrons. The number of hydrogen-bond acceptors (Lipinski definition) is 2. The summed E-state index contributed by atoms with van der Waals surface area (Å²) in [6, 6.07) is 151. The van der Waals surface area contributed by atoms with Crippen molar-refractivity contribution in [2.24, 2.45) is 0 Å². The number of thiophene rings is 2. The molecular weight excluding hydrogens is 1420 g/mol. The van der Waals surface area contributed by atoms with E-state index in [2.05, 4.69) is 431 Å².